The molecule has 4 heterocycles. The van der Waals surface area contributed by atoms with E-state index >= 15 is 0 Å². The van der Waals surface area contributed by atoms with Crippen molar-refractivity contribution >= 4 is 40.0 Å². The molecule has 0 spiro atoms. The van der Waals surface area contributed by atoms with E-state index in [0.717, 1.165) is 0 Å². The number of nitrogens with two attached hydrogens (primary N) is 1. The van der Waals surface area contributed by atoms with Crippen molar-refractivity contribution in [1.82, 2.24) is 29.9 Å². The van der Waals surface area contributed by atoms with Crippen LogP contribution in [0.1, 0.15) is 30.7 Å². The van der Waals surface area contributed by atoms with Gasteiger partial charge in [-0.2, -0.15) is 18.3 Å². The normalized spacial score (nSPS) is 17.9. The van der Waals surface area contributed by atoms with E-state index in [4.69, 9.17) is 21.8 Å². The largest absolute Gasteiger partial charge is 0.424 e. The fraction of sp³-hybridized carbons (Fsp3) is 0.300. The van der Waals surface area contributed by atoms with Crippen LogP contribution in [0.3, 0.4) is 0 Å². The lowest BCUT2D eigenvalue weighted by molar-refractivity contribution is -0.137. The first-order valence-electron chi connectivity index (χ1n) is 10.0. The Morgan fingerprint density at radius 2 is 2.03 bits per heavy atom. The van der Waals surface area contributed by atoms with E-state index in [1.165, 1.54) is 10.7 Å². The molecule has 1 unspecified atom stereocenters. The molecule has 10 nitrogen and oxygen atoms in total. The van der Waals surface area contributed by atoms with Crippen LogP contribution in [-0.4, -0.2) is 42.0 Å². The third-order valence-electron chi connectivity index (χ3n) is 5.61. The smallest absolute Gasteiger partial charge is 0.390 e. The molecule has 0 saturated carbocycles. The second kappa shape index (κ2) is 7.38. The van der Waals surface area contributed by atoms with E-state index in [1.54, 1.807) is 26.0 Å². The van der Waals surface area contributed by atoms with E-state index in [-0.39, 0.29) is 40.5 Å². The number of benzene rings is 1. The quantitative estimate of drug-likeness (QED) is 0.440. The molecule has 0 aliphatic carbocycles. The van der Waals surface area contributed by atoms with E-state index in [9.17, 15) is 18.0 Å². The van der Waals surface area contributed by atoms with Crippen molar-refractivity contribution in [2.75, 3.05) is 11.1 Å². The Hall–Kier alpha value is -3.74. The molecule has 1 aliphatic rings. The van der Waals surface area contributed by atoms with Gasteiger partial charge in [-0.05, 0) is 25.1 Å². The molecular weight excluding hydrogens is 477 g/mol. The Morgan fingerprint density at radius 3 is 2.71 bits per heavy atom. The highest BCUT2D eigenvalue weighted by Gasteiger charge is 2.51. The average molecular weight is 493 g/mol. The highest BCUT2D eigenvalue weighted by Crippen LogP contribution is 2.44. The lowest BCUT2D eigenvalue weighted by Crippen LogP contribution is -2.33. The van der Waals surface area contributed by atoms with E-state index in [2.05, 4.69) is 30.6 Å². The van der Waals surface area contributed by atoms with Gasteiger partial charge in [-0.3, -0.25) is 9.48 Å². The van der Waals surface area contributed by atoms with Gasteiger partial charge in [0.25, 0.3) is 0 Å². The maximum Gasteiger partial charge on any atom is 0.390 e. The van der Waals surface area contributed by atoms with Crippen LogP contribution in [0.4, 0.5) is 24.8 Å². The summed E-state index contributed by atoms with van der Waals surface area (Å²) in [6.07, 6.45) is -5.45. The third-order valence-corrected chi connectivity index (χ3v) is 5.84. The minimum absolute atomic E-state index is 0.0283. The summed E-state index contributed by atoms with van der Waals surface area (Å²) in [6.45, 7) is 2.72. The number of rotatable bonds is 4. The van der Waals surface area contributed by atoms with Gasteiger partial charge in [0, 0.05) is 17.3 Å². The molecule has 0 bridgehead atoms. The van der Waals surface area contributed by atoms with Crippen molar-refractivity contribution in [3.05, 3.63) is 40.6 Å². The molecule has 1 atom stereocenters. The molecule has 3 aromatic heterocycles. The molecule has 4 aromatic rings. The van der Waals surface area contributed by atoms with Gasteiger partial charge in [-0.1, -0.05) is 11.6 Å². The number of hydrogen-bond donors (Lipinski definition) is 2. The number of alkyl halides is 3. The Bertz CT molecular complexity index is 1460. The van der Waals surface area contributed by atoms with Crippen LogP contribution in [0.15, 0.2) is 22.6 Å². The maximum absolute atomic E-state index is 12.9. The second-order valence-electron chi connectivity index (χ2n) is 7.96. The molecule has 0 radical (unpaired) electrons. The van der Waals surface area contributed by atoms with Crippen LogP contribution < -0.4 is 11.1 Å². The fourth-order valence-corrected chi connectivity index (χ4v) is 4.10. The zero-order chi connectivity index (χ0) is 24.4. The summed E-state index contributed by atoms with van der Waals surface area (Å²) in [4.78, 5) is 21.6. The lowest BCUT2D eigenvalue weighted by atomic mass is 9.84. The average Bonchev–Trinajstić information content (AvgIpc) is 3.41. The van der Waals surface area contributed by atoms with Gasteiger partial charge in [0.2, 0.25) is 17.7 Å². The Kier molecular flexibility index (Phi) is 4.79. The number of carbonyl (C=O) groups is 1. The highest BCUT2D eigenvalue weighted by molar-refractivity contribution is 6.31. The molecule has 1 amide bonds. The molecule has 34 heavy (non-hydrogen) atoms. The van der Waals surface area contributed by atoms with Crippen LogP contribution in [0.2, 0.25) is 5.02 Å². The predicted octanol–water partition coefficient (Wildman–Crippen LogP) is 3.63. The summed E-state index contributed by atoms with van der Waals surface area (Å²) >= 11 is 6.06. The number of fused-ring (bicyclic) bond motifs is 2. The summed E-state index contributed by atoms with van der Waals surface area (Å²) in [6, 6.07) is 4.70. The molecule has 5 rings (SSSR count). The number of halogens is 4. The van der Waals surface area contributed by atoms with Crippen LogP contribution in [-0.2, 0) is 16.8 Å². The topological polar surface area (TPSA) is 138 Å². The van der Waals surface area contributed by atoms with Gasteiger partial charge in [0.15, 0.2) is 11.2 Å². The number of anilines is 2. The number of aryl methyl sites for hydroxylation is 2. The first kappa shape index (κ1) is 22.1. The van der Waals surface area contributed by atoms with E-state index in [0.29, 0.717) is 15.9 Å². The van der Waals surface area contributed by atoms with Crippen molar-refractivity contribution in [1.29, 1.82) is 0 Å². The van der Waals surface area contributed by atoms with E-state index < -0.39 is 30.5 Å². The van der Waals surface area contributed by atoms with Crippen molar-refractivity contribution < 1.29 is 22.4 Å². The summed E-state index contributed by atoms with van der Waals surface area (Å²) in [5, 5.41) is 15.5. The molecule has 1 aliphatic heterocycles. The van der Waals surface area contributed by atoms with Crippen LogP contribution in [0.25, 0.3) is 22.4 Å². The number of carbonyl (C=O) groups excluding carboxylic acids is 1. The number of hydrogen-bond acceptors (Lipinski definition) is 8. The molecule has 0 fully saturated rings. The Morgan fingerprint density at radius 1 is 1.26 bits per heavy atom. The number of nitrogens with zero attached hydrogens (tertiary/aromatic N) is 6. The molecular formula is C20H16ClF3N8O2. The predicted molar refractivity (Wildman–Crippen MR) is 115 cm³/mol. The summed E-state index contributed by atoms with van der Waals surface area (Å²) < 4.78 is 45.2. The van der Waals surface area contributed by atoms with Gasteiger partial charge < -0.3 is 15.5 Å². The minimum Gasteiger partial charge on any atom is -0.424 e. The summed E-state index contributed by atoms with van der Waals surface area (Å²) in [5.41, 5.74) is 5.66. The number of amides is 1. The van der Waals surface area contributed by atoms with Gasteiger partial charge in [0.1, 0.15) is 17.3 Å². The molecule has 176 valence electrons. The Balaban J connectivity index is 1.64. The van der Waals surface area contributed by atoms with Crippen LogP contribution in [0, 0.1) is 6.92 Å². The zero-order valence-corrected chi connectivity index (χ0v) is 18.5. The maximum atomic E-state index is 12.9. The minimum atomic E-state index is -4.37. The summed E-state index contributed by atoms with van der Waals surface area (Å²) in [7, 11) is 0. The SMILES string of the molecule is Cc1nnc(C2(C)C(=O)Nc3nc(-c4nn(CCC(F)(F)F)c5cc(Cl)ccc45)nc(N)c32)o1. The molecule has 14 heteroatoms. The molecule has 0 saturated heterocycles. The number of nitrogens with one attached hydrogen (secondary N) is 1. The first-order chi connectivity index (χ1) is 16.0. The van der Waals surface area contributed by atoms with Gasteiger partial charge >= 0.3 is 6.18 Å². The standard InChI is InChI=1S/C20H16ClF3N8O2/c1-8-29-30-18(34-8)19(2)12-14(25)26-16(27-15(12)28-17(19)33)13-10-4-3-9(21)7-11(10)32(31-13)6-5-20(22,23)24/h3-4,7H,5-6H2,1-2H3,(H3,25,26,27,28,33). The van der Waals surface area contributed by atoms with Crippen molar-refractivity contribution in [2.45, 2.75) is 38.4 Å². The van der Waals surface area contributed by atoms with Crippen LogP contribution >= 0.6 is 11.6 Å². The fourth-order valence-electron chi connectivity index (χ4n) is 3.93. The number of nitrogen functional groups attached to an aromatic ring is 1. The van der Waals surface area contributed by atoms with Crippen LogP contribution in [0.5, 0.6) is 0 Å². The first-order valence-corrected chi connectivity index (χ1v) is 10.4. The van der Waals surface area contributed by atoms with Gasteiger partial charge in [-0.25, -0.2) is 9.97 Å². The number of aromatic nitrogens is 6. The second-order valence-corrected chi connectivity index (χ2v) is 8.40. The third kappa shape index (κ3) is 3.43. The Labute approximate surface area is 194 Å². The molecule has 3 N–H and O–H groups in total. The monoisotopic (exact) mass is 492 g/mol. The van der Waals surface area contributed by atoms with Crippen molar-refractivity contribution in [3.8, 4) is 11.5 Å². The van der Waals surface area contributed by atoms with Crippen molar-refractivity contribution in [2.24, 2.45) is 0 Å². The van der Waals surface area contributed by atoms with Gasteiger partial charge in [0.05, 0.1) is 24.0 Å². The molecule has 1 aromatic carbocycles. The zero-order valence-electron chi connectivity index (χ0n) is 17.7. The summed E-state index contributed by atoms with van der Waals surface area (Å²) in [5.74, 6) is -0.0809. The van der Waals surface area contributed by atoms with E-state index in [1.807, 2.05) is 0 Å². The highest BCUT2D eigenvalue weighted by atomic mass is 35.5. The van der Waals surface area contributed by atoms with Crippen molar-refractivity contribution in [3.63, 3.8) is 0 Å². The van der Waals surface area contributed by atoms with Gasteiger partial charge in [-0.15, -0.1) is 10.2 Å². The lowest BCUT2D eigenvalue weighted by Gasteiger charge is -2.18.